The summed E-state index contributed by atoms with van der Waals surface area (Å²) in [7, 11) is 1.38. The summed E-state index contributed by atoms with van der Waals surface area (Å²) >= 11 is 0. The molecule has 1 N–H and O–H groups in total. The maximum atomic E-state index is 13.4. The van der Waals surface area contributed by atoms with E-state index in [1.54, 1.807) is 12.1 Å². The van der Waals surface area contributed by atoms with Crippen molar-refractivity contribution in [3.63, 3.8) is 0 Å². The third-order valence-corrected chi connectivity index (χ3v) is 6.97. The Morgan fingerprint density at radius 3 is 2.55 bits per heavy atom. The van der Waals surface area contributed by atoms with E-state index >= 15 is 0 Å². The number of carbonyl (C=O) groups excluding carboxylic acids is 3. The number of carbonyl (C=O) groups is 3. The predicted octanol–water partition coefficient (Wildman–Crippen LogP) is 4.66. The van der Waals surface area contributed by atoms with Crippen LogP contribution in [0.25, 0.3) is 0 Å². The maximum absolute atomic E-state index is 13.4. The molecule has 0 spiro atoms. The quantitative estimate of drug-likeness (QED) is 0.419. The standard InChI is InChI=1S/C30H39FN2O7/c1-18(2)6-12-23-19(3)39-30(36)24(15-17-38-25(23)13-9-21-7-10-22(31)11-8-21)33-29(35)27-28(40-20(4)34)26(37-5)14-16-32-27/h7-8,10-11,14,16,18-19,23-25H,6,9,12-13,15,17H2,1-5H3,(H,33,35)/t19-,23-,24-,25+/m0/s1. The fourth-order valence-electron chi connectivity index (χ4n) is 4.79. The van der Waals surface area contributed by atoms with Gasteiger partial charge in [0.2, 0.25) is 5.75 Å². The summed E-state index contributed by atoms with van der Waals surface area (Å²) in [6.45, 7) is 7.54. The third kappa shape index (κ3) is 8.74. The number of esters is 2. The minimum atomic E-state index is -1.00. The number of methoxy groups -OCH3 is 1. The average Bonchev–Trinajstić information content (AvgIpc) is 2.95. The van der Waals surface area contributed by atoms with Crippen LogP contribution in [0.15, 0.2) is 36.5 Å². The molecule has 1 aliphatic heterocycles. The Morgan fingerprint density at radius 2 is 1.90 bits per heavy atom. The molecule has 0 bridgehead atoms. The smallest absolute Gasteiger partial charge is 0.329 e. The Labute approximate surface area is 234 Å². The number of halogens is 1. The van der Waals surface area contributed by atoms with Crippen LogP contribution in [0.5, 0.6) is 11.5 Å². The number of cyclic esters (lactones) is 1. The van der Waals surface area contributed by atoms with E-state index in [4.69, 9.17) is 18.9 Å². The summed E-state index contributed by atoms with van der Waals surface area (Å²) in [5.74, 6) is -1.80. The lowest BCUT2D eigenvalue weighted by Gasteiger charge is -2.31. The van der Waals surface area contributed by atoms with Crippen molar-refractivity contribution in [2.45, 2.75) is 78.0 Å². The molecule has 4 atom stereocenters. The molecular weight excluding hydrogens is 519 g/mol. The molecule has 10 heteroatoms. The van der Waals surface area contributed by atoms with Crippen molar-refractivity contribution in [1.29, 1.82) is 0 Å². The molecule has 0 unspecified atom stereocenters. The van der Waals surface area contributed by atoms with Crippen LogP contribution in [-0.2, 0) is 25.5 Å². The highest BCUT2D eigenvalue weighted by molar-refractivity contribution is 5.98. The largest absolute Gasteiger partial charge is 0.493 e. The lowest BCUT2D eigenvalue weighted by Crippen LogP contribution is -2.44. The summed E-state index contributed by atoms with van der Waals surface area (Å²) in [5, 5.41) is 2.67. The first-order valence-corrected chi connectivity index (χ1v) is 13.7. The van der Waals surface area contributed by atoms with Crippen molar-refractivity contribution in [3.05, 3.63) is 53.6 Å². The first kappa shape index (κ1) is 31.0. The molecule has 2 heterocycles. The minimum Gasteiger partial charge on any atom is -0.493 e. The Balaban J connectivity index is 1.78. The number of hydrogen-bond acceptors (Lipinski definition) is 8. The highest BCUT2D eigenvalue weighted by Gasteiger charge is 2.35. The fourth-order valence-corrected chi connectivity index (χ4v) is 4.79. The van der Waals surface area contributed by atoms with Gasteiger partial charge in [-0.25, -0.2) is 14.2 Å². The number of pyridine rings is 1. The normalized spacial score (nSPS) is 21.5. The van der Waals surface area contributed by atoms with Crippen LogP contribution in [0.2, 0.25) is 0 Å². The second-order valence-corrected chi connectivity index (χ2v) is 10.5. The van der Waals surface area contributed by atoms with Gasteiger partial charge in [-0.3, -0.25) is 9.59 Å². The van der Waals surface area contributed by atoms with E-state index in [0.29, 0.717) is 18.8 Å². The van der Waals surface area contributed by atoms with Gasteiger partial charge < -0.3 is 24.3 Å². The monoisotopic (exact) mass is 558 g/mol. The van der Waals surface area contributed by atoms with Crippen LogP contribution >= 0.6 is 0 Å². The van der Waals surface area contributed by atoms with Gasteiger partial charge >= 0.3 is 11.9 Å². The summed E-state index contributed by atoms with van der Waals surface area (Å²) in [5.41, 5.74) is 0.805. The molecule has 0 aliphatic carbocycles. The molecule has 2 aromatic rings. The molecular formula is C30H39FN2O7. The molecule has 9 nitrogen and oxygen atoms in total. The lowest BCUT2D eigenvalue weighted by atomic mass is 9.86. The topological polar surface area (TPSA) is 113 Å². The van der Waals surface area contributed by atoms with E-state index < -0.39 is 30.0 Å². The number of nitrogens with one attached hydrogen (secondary N) is 1. The van der Waals surface area contributed by atoms with Crippen LogP contribution in [-0.4, -0.2) is 54.8 Å². The summed E-state index contributed by atoms with van der Waals surface area (Å²) < 4.78 is 36.0. The van der Waals surface area contributed by atoms with Crippen molar-refractivity contribution in [3.8, 4) is 11.5 Å². The van der Waals surface area contributed by atoms with Gasteiger partial charge in [0.25, 0.3) is 5.91 Å². The van der Waals surface area contributed by atoms with E-state index in [2.05, 4.69) is 24.1 Å². The number of amides is 1. The molecule has 1 aromatic carbocycles. The zero-order valence-corrected chi connectivity index (χ0v) is 23.8. The van der Waals surface area contributed by atoms with Gasteiger partial charge in [0, 0.05) is 38.1 Å². The Bertz CT molecular complexity index is 1160. The number of nitrogens with zero attached hydrogens (tertiary/aromatic N) is 1. The van der Waals surface area contributed by atoms with Crippen LogP contribution in [0, 0.1) is 17.7 Å². The van der Waals surface area contributed by atoms with Crippen molar-refractivity contribution < 1.29 is 37.7 Å². The van der Waals surface area contributed by atoms with Crippen LogP contribution in [0.1, 0.15) is 69.4 Å². The fraction of sp³-hybridized carbons (Fsp3) is 0.533. The first-order valence-electron chi connectivity index (χ1n) is 13.7. The minimum absolute atomic E-state index is 0.0585. The van der Waals surface area contributed by atoms with Gasteiger partial charge in [0.15, 0.2) is 11.4 Å². The second-order valence-electron chi connectivity index (χ2n) is 10.5. The summed E-state index contributed by atoms with van der Waals surface area (Å²) in [4.78, 5) is 42.1. The zero-order chi connectivity index (χ0) is 29.2. The molecule has 0 saturated carbocycles. The van der Waals surface area contributed by atoms with Gasteiger partial charge in [0.05, 0.1) is 13.2 Å². The molecule has 1 aliphatic rings. The van der Waals surface area contributed by atoms with Crippen LogP contribution in [0.3, 0.4) is 0 Å². The van der Waals surface area contributed by atoms with Gasteiger partial charge in [-0.05, 0) is 49.8 Å². The molecule has 1 fully saturated rings. The van der Waals surface area contributed by atoms with Crippen molar-refractivity contribution >= 4 is 17.8 Å². The molecule has 218 valence electrons. The zero-order valence-electron chi connectivity index (χ0n) is 23.8. The molecule has 3 rings (SSSR count). The van der Waals surface area contributed by atoms with Gasteiger partial charge in [-0.2, -0.15) is 0 Å². The lowest BCUT2D eigenvalue weighted by molar-refractivity contribution is -0.154. The highest BCUT2D eigenvalue weighted by Crippen LogP contribution is 2.31. The van der Waals surface area contributed by atoms with Crippen molar-refractivity contribution in [1.82, 2.24) is 10.3 Å². The van der Waals surface area contributed by atoms with Gasteiger partial charge in [-0.15, -0.1) is 0 Å². The van der Waals surface area contributed by atoms with Crippen molar-refractivity contribution in [2.24, 2.45) is 11.8 Å². The average molecular weight is 559 g/mol. The highest BCUT2D eigenvalue weighted by atomic mass is 19.1. The Morgan fingerprint density at radius 1 is 1.18 bits per heavy atom. The predicted molar refractivity (Wildman–Crippen MR) is 146 cm³/mol. The molecule has 1 aromatic heterocycles. The van der Waals surface area contributed by atoms with E-state index in [9.17, 15) is 18.8 Å². The van der Waals surface area contributed by atoms with E-state index in [0.717, 1.165) is 18.4 Å². The van der Waals surface area contributed by atoms with Gasteiger partial charge in [0.1, 0.15) is 18.0 Å². The summed E-state index contributed by atoms with van der Waals surface area (Å²) in [6, 6.07) is 6.87. The number of ether oxygens (including phenoxy) is 4. The number of rotatable bonds is 10. The Hall–Kier alpha value is -3.53. The molecule has 1 saturated heterocycles. The number of aromatic nitrogens is 1. The first-order chi connectivity index (χ1) is 19.1. The molecule has 40 heavy (non-hydrogen) atoms. The molecule has 0 radical (unpaired) electrons. The second kappa shape index (κ2) is 14.7. The number of benzene rings is 1. The summed E-state index contributed by atoms with van der Waals surface area (Å²) in [6.07, 6.45) is 3.95. The SMILES string of the molecule is COc1ccnc(C(=O)N[C@H]2CCO[C@H](CCc3ccc(F)cc3)[C@@H](CCC(C)C)[C@H](C)OC2=O)c1OC(C)=O. The van der Waals surface area contributed by atoms with E-state index in [-0.39, 0.29) is 48.1 Å². The Kier molecular flexibility index (Phi) is 11.4. The third-order valence-electron chi connectivity index (χ3n) is 6.97. The van der Waals surface area contributed by atoms with Crippen molar-refractivity contribution in [2.75, 3.05) is 13.7 Å². The maximum Gasteiger partial charge on any atom is 0.329 e. The van der Waals surface area contributed by atoms with E-state index in [1.807, 2.05) is 6.92 Å². The van der Waals surface area contributed by atoms with Crippen LogP contribution in [0.4, 0.5) is 4.39 Å². The number of hydrogen-bond donors (Lipinski definition) is 1. The van der Waals surface area contributed by atoms with Gasteiger partial charge in [-0.1, -0.05) is 32.4 Å². The van der Waals surface area contributed by atoms with Crippen LogP contribution < -0.4 is 14.8 Å². The number of aryl methyl sites for hydroxylation is 1. The van der Waals surface area contributed by atoms with E-state index in [1.165, 1.54) is 38.4 Å². The molecule has 1 amide bonds.